The smallest absolute Gasteiger partial charge is 0.253 e. The minimum absolute atomic E-state index is 0.0823. The highest BCUT2D eigenvalue weighted by atomic mass is 35.5. The number of amides is 1. The lowest BCUT2D eigenvalue weighted by atomic mass is 10.1. The number of anilines is 1. The summed E-state index contributed by atoms with van der Waals surface area (Å²) in [5, 5.41) is 6.15. The molecule has 5 rings (SSSR count). The van der Waals surface area contributed by atoms with Gasteiger partial charge in [-0.3, -0.25) is 4.79 Å². The van der Waals surface area contributed by atoms with Crippen LogP contribution < -0.4 is 4.90 Å². The van der Waals surface area contributed by atoms with Crippen LogP contribution in [0.2, 0.25) is 5.02 Å². The first kappa shape index (κ1) is 25.1. The molecule has 0 spiro atoms. The number of carbonyl (C=O) groups is 1. The Morgan fingerprint density at radius 3 is 2.62 bits per heavy atom. The van der Waals surface area contributed by atoms with E-state index in [1.165, 1.54) is 12.1 Å². The van der Waals surface area contributed by atoms with Crippen LogP contribution in [0.25, 0.3) is 16.7 Å². The van der Waals surface area contributed by atoms with Gasteiger partial charge in [0.25, 0.3) is 5.91 Å². The van der Waals surface area contributed by atoms with Gasteiger partial charge in [-0.15, -0.1) is 0 Å². The van der Waals surface area contributed by atoms with Crippen molar-refractivity contribution in [1.29, 1.82) is 0 Å². The highest BCUT2D eigenvalue weighted by Gasteiger charge is 2.24. The molecule has 0 radical (unpaired) electrons. The molecule has 37 heavy (non-hydrogen) atoms. The first-order chi connectivity index (χ1) is 17.9. The molecule has 0 saturated carbocycles. The highest BCUT2D eigenvalue weighted by molar-refractivity contribution is 6.30. The molecule has 0 aliphatic carbocycles. The van der Waals surface area contributed by atoms with E-state index in [1.54, 1.807) is 12.1 Å². The van der Waals surface area contributed by atoms with Crippen molar-refractivity contribution in [3.8, 4) is 5.69 Å². The number of carbonyl (C=O) groups excluding carboxylic acids is 1. The van der Waals surface area contributed by atoms with Crippen molar-refractivity contribution in [3.63, 3.8) is 0 Å². The van der Waals surface area contributed by atoms with Crippen LogP contribution in [0, 0.1) is 11.7 Å². The molecule has 1 fully saturated rings. The molecule has 2 aromatic carbocycles. The van der Waals surface area contributed by atoms with Crippen molar-refractivity contribution >= 4 is 34.4 Å². The summed E-state index contributed by atoms with van der Waals surface area (Å²) in [6.07, 6.45) is 4.35. The first-order valence-corrected chi connectivity index (χ1v) is 13.1. The zero-order valence-corrected chi connectivity index (χ0v) is 21.8. The fraction of sp³-hybridized carbons (Fsp3) is 0.357. The van der Waals surface area contributed by atoms with Crippen molar-refractivity contribution in [3.05, 3.63) is 77.0 Å². The van der Waals surface area contributed by atoms with Crippen molar-refractivity contribution in [2.24, 2.45) is 5.92 Å². The Morgan fingerprint density at radius 1 is 1.05 bits per heavy atom. The summed E-state index contributed by atoms with van der Waals surface area (Å²) in [5.74, 6) is 1.72. The van der Waals surface area contributed by atoms with Gasteiger partial charge in [-0.25, -0.2) is 19.0 Å². The van der Waals surface area contributed by atoms with Gasteiger partial charge >= 0.3 is 0 Å². The maximum Gasteiger partial charge on any atom is 0.253 e. The predicted octanol–water partition coefficient (Wildman–Crippen LogP) is 5.55. The van der Waals surface area contributed by atoms with E-state index in [2.05, 4.69) is 23.8 Å². The largest absolute Gasteiger partial charge is 0.354 e. The van der Waals surface area contributed by atoms with Gasteiger partial charge in [-0.05, 0) is 61.2 Å². The van der Waals surface area contributed by atoms with E-state index in [1.807, 2.05) is 40.0 Å². The van der Waals surface area contributed by atoms with E-state index in [0.717, 1.165) is 54.2 Å². The Bertz CT molecular complexity index is 1400. The van der Waals surface area contributed by atoms with E-state index >= 15 is 0 Å². The number of aromatic nitrogens is 4. The van der Waals surface area contributed by atoms with Crippen LogP contribution in [0.15, 0.2) is 54.7 Å². The van der Waals surface area contributed by atoms with Gasteiger partial charge in [0, 0.05) is 43.2 Å². The van der Waals surface area contributed by atoms with Crippen molar-refractivity contribution in [2.75, 3.05) is 31.1 Å². The number of benzene rings is 2. The summed E-state index contributed by atoms with van der Waals surface area (Å²) in [6.45, 7) is 6.94. The first-order valence-electron chi connectivity index (χ1n) is 12.7. The van der Waals surface area contributed by atoms with Crippen LogP contribution in [0.3, 0.4) is 0 Å². The van der Waals surface area contributed by atoms with Crippen LogP contribution >= 0.6 is 11.6 Å². The summed E-state index contributed by atoms with van der Waals surface area (Å²) in [5.41, 5.74) is 2.08. The maximum absolute atomic E-state index is 13.3. The fourth-order valence-corrected chi connectivity index (χ4v) is 4.80. The second-order valence-corrected chi connectivity index (χ2v) is 10.2. The average Bonchev–Trinajstić information content (AvgIpc) is 3.16. The van der Waals surface area contributed by atoms with Crippen LogP contribution in [0.4, 0.5) is 10.2 Å². The quantitative estimate of drug-likeness (QED) is 0.333. The molecule has 0 bridgehead atoms. The number of halogens is 2. The highest BCUT2D eigenvalue weighted by Crippen LogP contribution is 2.28. The Balaban J connectivity index is 1.46. The van der Waals surface area contributed by atoms with Gasteiger partial charge in [0.1, 0.15) is 17.5 Å². The lowest BCUT2D eigenvalue weighted by Crippen LogP contribution is -2.35. The van der Waals surface area contributed by atoms with E-state index in [-0.39, 0.29) is 11.7 Å². The molecule has 2 aromatic heterocycles. The SMILES string of the molecule is CC(C)CCc1nc(N2CCCN(C(=O)c3ccc(F)cc3)CC2)c2cnn(-c3cccc(Cl)c3)c2n1. The molecular weight excluding hydrogens is 491 g/mol. The minimum Gasteiger partial charge on any atom is -0.354 e. The standard InChI is InChI=1S/C28H30ClFN6O/c1-19(2)7-12-25-32-26(24-18-31-36(27(24)33-25)23-6-3-5-21(29)17-23)34-13-4-14-35(16-15-34)28(37)20-8-10-22(30)11-9-20/h3,5-6,8-11,17-19H,4,7,12-16H2,1-2H3. The molecule has 7 nitrogen and oxygen atoms in total. The van der Waals surface area contributed by atoms with Gasteiger partial charge in [-0.1, -0.05) is 31.5 Å². The Kier molecular flexibility index (Phi) is 7.37. The number of fused-ring (bicyclic) bond motifs is 1. The normalized spacial score (nSPS) is 14.4. The van der Waals surface area contributed by atoms with Gasteiger partial charge in [0.2, 0.25) is 0 Å². The lowest BCUT2D eigenvalue weighted by molar-refractivity contribution is 0.0767. The summed E-state index contributed by atoms with van der Waals surface area (Å²) < 4.78 is 15.1. The minimum atomic E-state index is -0.349. The van der Waals surface area contributed by atoms with E-state index < -0.39 is 0 Å². The third-order valence-electron chi connectivity index (χ3n) is 6.63. The molecule has 0 unspecified atom stereocenters. The van der Waals surface area contributed by atoms with Gasteiger partial charge < -0.3 is 9.80 Å². The second kappa shape index (κ2) is 10.8. The number of nitrogens with zero attached hydrogens (tertiary/aromatic N) is 6. The molecule has 4 aromatic rings. The van der Waals surface area contributed by atoms with Gasteiger partial charge in [0.05, 0.1) is 17.3 Å². The monoisotopic (exact) mass is 520 g/mol. The van der Waals surface area contributed by atoms with Crippen LogP contribution in [-0.4, -0.2) is 56.7 Å². The molecule has 1 aliphatic heterocycles. The number of hydrogen-bond acceptors (Lipinski definition) is 5. The predicted molar refractivity (Wildman–Crippen MR) is 144 cm³/mol. The Hall–Kier alpha value is -3.52. The van der Waals surface area contributed by atoms with E-state index in [0.29, 0.717) is 36.1 Å². The zero-order chi connectivity index (χ0) is 25.9. The summed E-state index contributed by atoms with van der Waals surface area (Å²) in [4.78, 5) is 27.0. The molecule has 0 atom stereocenters. The molecule has 1 amide bonds. The Morgan fingerprint density at radius 2 is 1.86 bits per heavy atom. The molecule has 1 saturated heterocycles. The summed E-state index contributed by atoms with van der Waals surface area (Å²) >= 11 is 6.26. The van der Waals surface area contributed by atoms with Crippen LogP contribution in [0.1, 0.15) is 42.9 Å². The van der Waals surface area contributed by atoms with Crippen LogP contribution in [0.5, 0.6) is 0 Å². The number of hydrogen-bond donors (Lipinski definition) is 0. The second-order valence-electron chi connectivity index (χ2n) is 9.81. The van der Waals surface area contributed by atoms with Gasteiger partial charge in [0.15, 0.2) is 5.65 Å². The van der Waals surface area contributed by atoms with Crippen molar-refractivity contribution in [2.45, 2.75) is 33.1 Å². The molecular formula is C28H30ClFN6O. The number of rotatable bonds is 6. The average molecular weight is 521 g/mol. The maximum atomic E-state index is 13.3. The lowest BCUT2D eigenvalue weighted by Gasteiger charge is -2.24. The molecule has 3 heterocycles. The van der Waals surface area contributed by atoms with Crippen molar-refractivity contribution in [1.82, 2.24) is 24.6 Å². The Labute approximate surface area is 220 Å². The van der Waals surface area contributed by atoms with Gasteiger partial charge in [-0.2, -0.15) is 5.10 Å². The topological polar surface area (TPSA) is 67.2 Å². The molecule has 0 N–H and O–H groups in total. The zero-order valence-electron chi connectivity index (χ0n) is 21.1. The van der Waals surface area contributed by atoms with Crippen LogP contribution in [-0.2, 0) is 6.42 Å². The third-order valence-corrected chi connectivity index (χ3v) is 6.86. The van der Waals surface area contributed by atoms with E-state index in [9.17, 15) is 9.18 Å². The molecule has 192 valence electrons. The van der Waals surface area contributed by atoms with Crippen molar-refractivity contribution < 1.29 is 9.18 Å². The summed E-state index contributed by atoms with van der Waals surface area (Å²) in [6, 6.07) is 13.3. The van der Waals surface area contributed by atoms with E-state index in [4.69, 9.17) is 21.6 Å². The molecule has 9 heteroatoms. The fourth-order valence-electron chi connectivity index (χ4n) is 4.61. The molecule has 1 aliphatic rings. The third kappa shape index (κ3) is 5.59. The summed E-state index contributed by atoms with van der Waals surface area (Å²) in [7, 11) is 0. The number of aryl methyl sites for hydroxylation is 1.